The summed E-state index contributed by atoms with van der Waals surface area (Å²) in [4.78, 5) is 0. The van der Waals surface area contributed by atoms with Crippen LogP contribution in [-0.4, -0.2) is 69.8 Å². The van der Waals surface area contributed by atoms with E-state index in [1.54, 1.807) is 0 Å². The molecule has 0 heterocycles. The molecule has 7 nitrogen and oxygen atoms in total. The molecule has 222 valence electrons. The summed E-state index contributed by atoms with van der Waals surface area (Å²) in [6.07, 6.45) is 15.5. The molecule has 0 bridgehead atoms. The van der Waals surface area contributed by atoms with Gasteiger partial charge in [0, 0.05) is 0 Å². The standard InChI is InChI=1S/C31H56O7/c1-2-3-4-5-6-7-8-9-10-11-12-13-14-15-16-17-22-38-27-20-18-26(19-21-27)24-37-25-29(34)31(36)30(35)28(33)23-32/h18-21,28-36H,2-17,22-25H2,1H3. The summed E-state index contributed by atoms with van der Waals surface area (Å²) < 4.78 is 11.2. The Hall–Kier alpha value is -1.22. The Bertz CT molecular complexity index is 640. The van der Waals surface area contributed by atoms with Crippen molar-refractivity contribution in [2.24, 2.45) is 0 Å². The predicted molar refractivity (Wildman–Crippen MR) is 152 cm³/mol. The van der Waals surface area contributed by atoms with Crippen LogP contribution in [0.2, 0.25) is 0 Å². The van der Waals surface area contributed by atoms with E-state index in [0.29, 0.717) is 6.61 Å². The highest BCUT2D eigenvalue weighted by atomic mass is 16.5. The minimum Gasteiger partial charge on any atom is -0.494 e. The van der Waals surface area contributed by atoms with Crippen LogP contribution in [0.1, 0.15) is 115 Å². The minimum absolute atomic E-state index is 0.214. The molecule has 0 aliphatic heterocycles. The van der Waals surface area contributed by atoms with E-state index >= 15 is 0 Å². The molecule has 0 fully saturated rings. The maximum Gasteiger partial charge on any atom is 0.119 e. The number of ether oxygens (including phenoxy) is 2. The van der Waals surface area contributed by atoms with Crippen molar-refractivity contribution in [2.45, 2.75) is 141 Å². The summed E-state index contributed by atoms with van der Waals surface area (Å²) in [6, 6.07) is 7.54. The van der Waals surface area contributed by atoms with Crippen molar-refractivity contribution >= 4 is 0 Å². The molecule has 38 heavy (non-hydrogen) atoms. The monoisotopic (exact) mass is 540 g/mol. The van der Waals surface area contributed by atoms with E-state index in [1.807, 2.05) is 24.3 Å². The van der Waals surface area contributed by atoms with Crippen molar-refractivity contribution in [2.75, 3.05) is 19.8 Å². The van der Waals surface area contributed by atoms with Crippen molar-refractivity contribution in [3.05, 3.63) is 29.8 Å². The average Bonchev–Trinajstić information content (AvgIpc) is 2.94. The first-order valence-corrected chi connectivity index (χ1v) is 15.1. The van der Waals surface area contributed by atoms with Crippen LogP contribution in [0, 0.1) is 0 Å². The molecule has 5 N–H and O–H groups in total. The van der Waals surface area contributed by atoms with Crippen LogP contribution >= 0.6 is 0 Å². The molecule has 4 unspecified atom stereocenters. The van der Waals surface area contributed by atoms with E-state index < -0.39 is 31.0 Å². The molecular formula is C31H56O7. The number of aliphatic hydroxyl groups is 5. The van der Waals surface area contributed by atoms with Crippen LogP contribution in [0.3, 0.4) is 0 Å². The molecule has 0 aliphatic carbocycles. The van der Waals surface area contributed by atoms with Crippen molar-refractivity contribution in [1.82, 2.24) is 0 Å². The topological polar surface area (TPSA) is 120 Å². The normalized spacial score (nSPS) is 14.8. The summed E-state index contributed by atoms with van der Waals surface area (Å²) in [5, 5.41) is 47.5. The van der Waals surface area contributed by atoms with E-state index in [0.717, 1.165) is 17.7 Å². The highest BCUT2D eigenvalue weighted by molar-refractivity contribution is 5.26. The van der Waals surface area contributed by atoms with E-state index in [-0.39, 0.29) is 13.2 Å². The van der Waals surface area contributed by atoms with Crippen molar-refractivity contribution < 1.29 is 35.0 Å². The lowest BCUT2D eigenvalue weighted by molar-refractivity contribution is -0.130. The fourth-order valence-electron chi connectivity index (χ4n) is 4.48. The zero-order valence-corrected chi connectivity index (χ0v) is 23.8. The average molecular weight is 541 g/mol. The SMILES string of the molecule is CCCCCCCCCCCCCCCCCCOc1ccc(COCC(O)C(O)C(O)C(O)CO)cc1. The van der Waals surface area contributed by atoms with Crippen molar-refractivity contribution in [3.63, 3.8) is 0 Å². The molecule has 7 heteroatoms. The zero-order valence-electron chi connectivity index (χ0n) is 23.8. The third kappa shape index (κ3) is 17.4. The number of hydrogen-bond donors (Lipinski definition) is 5. The molecule has 1 aromatic rings. The van der Waals surface area contributed by atoms with E-state index in [4.69, 9.17) is 14.6 Å². The number of benzene rings is 1. The Morgan fingerprint density at radius 1 is 0.605 bits per heavy atom. The zero-order chi connectivity index (χ0) is 27.8. The summed E-state index contributed by atoms with van der Waals surface area (Å²) in [5.41, 5.74) is 0.886. The third-order valence-electron chi connectivity index (χ3n) is 7.07. The highest BCUT2D eigenvalue weighted by Gasteiger charge is 2.30. The Morgan fingerprint density at radius 2 is 1.05 bits per heavy atom. The third-order valence-corrected chi connectivity index (χ3v) is 7.07. The van der Waals surface area contributed by atoms with Gasteiger partial charge in [0.1, 0.15) is 30.2 Å². The van der Waals surface area contributed by atoms with Crippen LogP contribution in [0.25, 0.3) is 0 Å². The largest absolute Gasteiger partial charge is 0.494 e. The first-order valence-electron chi connectivity index (χ1n) is 15.1. The first-order chi connectivity index (χ1) is 18.5. The Labute approximate surface area is 231 Å². The predicted octanol–water partition coefficient (Wildman–Crippen LogP) is 5.28. The maximum atomic E-state index is 9.88. The van der Waals surface area contributed by atoms with Gasteiger partial charge in [-0.05, 0) is 24.1 Å². The summed E-state index contributed by atoms with van der Waals surface area (Å²) in [7, 11) is 0. The van der Waals surface area contributed by atoms with Crippen molar-refractivity contribution in [3.8, 4) is 5.75 Å². The van der Waals surface area contributed by atoms with Crippen LogP contribution in [-0.2, 0) is 11.3 Å². The van der Waals surface area contributed by atoms with Gasteiger partial charge in [-0.2, -0.15) is 0 Å². The van der Waals surface area contributed by atoms with Gasteiger partial charge in [-0.1, -0.05) is 115 Å². The quantitative estimate of drug-likeness (QED) is 0.101. The van der Waals surface area contributed by atoms with Crippen LogP contribution in [0.15, 0.2) is 24.3 Å². The lowest BCUT2D eigenvalue weighted by Gasteiger charge is -2.25. The van der Waals surface area contributed by atoms with Crippen LogP contribution in [0.4, 0.5) is 0 Å². The van der Waals surface area contributed by atoms with E-state index in [1.165, 1.54) is 96.3 Å². The molecule has 4 atom stereocenters. The van der Waals surface area contributed by atoms with Gasteiger partial charge < -0.3 is 35.0 Å². The van der Waals surface area contributed by atoms with Crippen LogP contribution < -0.4 is 4.74 Å². The van der Waals surface area contributed by atoms with Gasteiger partial charge in [-0.3, -0.25) is 0 Å². The molecule has 0 spiro atoms. The second-order valence-electron chi connectivity index (χ2n) is 10.6. The fraction of sp³-hybridized carbons (Fsp3) is 0.806. The summed E-state index contributed by atoms with van der Waals surface area (Å²) in [5.74, 6) is 0.811. The molecule has 0 saturated carbocycles. The fourth-order valence-corrected chi connectivity index (χ4v) is 4.48. The number of rotatable bonds is 26. The molecule has 0 aliphatic rings. The number of hydrogen-bond acceptors (Lipinski definition) is 7. The number of aliphatic hydroxyl groups excluding tert-OH is 5. The molecular weight excluding hydrogens is 484 g/mol. The molecule has 1 aromatic carbocycles. The lowest BCUT2D eigenvalue weighted by Crippen LogP contribution is -2.47. The molecule has 0 saturated heterocycles. The Kier molecular flexibility index (Phi) is 21.7. The lowest BCUT2D eigenvalue weighted by atomic mass is 10.0. The molecule has 1 rings (SSSR count). The first kappa shape index (κ1) is 34.8. The minimum atomic E-state index is -1.65. The van der Waals surface area contributed by atoms with Gasteiger partial charge in [-0.25, -0.2) is 0 Å². The van der Waals surface area contributed by atoms with Gasteiger partial charge in [0.05, 0.1) is 26.4 Å². The van der Waals surface area contributed by atoms with Gasteiger partial charge >= 0.3 is 0 Å². The van der Waals surface area contributed by atoms with E-state index in [9.17, 15) is 20.4 Å². The van der Waals surface area contributed by atoms with Gasteiger partial charge in [0.2, 0.25) is 0 Å². The molecule has 0 amide bonds. The van der Waals surface area contributed by atoms with Gasteiger partial charge in [0.25, 0.3) is 0 Å². The summed E-state index contributed by atoms with van der Waals surface area (Å²) in [6.45, 7) is 2.28. The smallest absolute Gasteiger partial charge is 0.119 e. The second kappa shape index (κ2) is 23.6. The number of unbranched alkanes of at least 4 members (excludes halogenated alkanes) is 15. The maximum absolute atomic E-state index is 9.88. The Balaban J connectivity index is 1.96. The van der Waals surface area contributed by atoms with Crippen molar-refractivity contribution in [1.29, 1.82) is 0 Å². The highest BCUT2D eigenvalue weighted by Crippen LogP contribution is 2.16. The Morgan fingerprint density at radius 3 is 1.53 bits per heavy atom. The second-order valence-corrected chi connectivity index (χ2v) is 10.6. The summed E-state index contributed by atoms with van der Waals surface area (Å²) >= 11 is 0. The van der Waals surface area contributed by atoms with Gasteiger partial charge in [-0.15, -0.1) is 0 Å². The van der Waals surface area contributed by atoms with Gasteiger partial charge in [0.15, 0.2) is 0 Å². The molecule has 0 radical (unpaired) electrons. The van der Waals surface area contributed by atoms with Crippen LogP contribution in [0.5, 0.6) is 5.75 Å². The molecule has 0 aromatic heterocycles. The van der Waals surface area contributed by atoms with E-state index in [2.05, 4.69) is 6.92 Å².